The summed E-state index contributed by atoms with van der Waals surface area (Å²) in [6, 6.07) is 8.05. The minimum Gasteiger partial charge on any atom is -0.494 e. The summed E-state index contributed by atoms with van der Waals surface area (Å²) in [7, 11) is 0. The molecule has 144 valence electrons. The van der Waals surface area contributed by atoms with E-state index >= 15 is 0 Å². The van der Waals surface area contributed by atoms with Gasteiger partial charge in [0.1, 0.15) is 15.6 Å². The Labute approximate surface area is 170 Å². The number of rotatable bonds is 4. The SMILES string of the molecule is CCOc1ccc(-c2nc(C)c(C(=O)N3CCC(N)CC3)s2)cc1.Cl.Cl. The van der Waals surface area contributed by atoms with Crippen LogP contribution in [0.15, 0.2) is 24.3 Å². The van der Waals surface area contributed by atoms with Gasteiger partial charge in [0.15, 0.2) is 0 Å². The number of hydrogen-bond donors (Lipinski definition) is 1. The molecule has 8 heteroatoms. The molecule has 1 aromatic heterocycles. The third-order valence-electron chi connectivity index (χ3n) is 4.23. The van der Waals surface area contributed by atoms with Crippen LogP contribution in [-0.2, 0) is 0 Å². The normalized spacial score (nSPS) is 14.3. The first-order chi connectivity index (χ1) is 11.6. The predicted molar refractivity (Wildman–Crippen MR) is 111 cm³/mol. The minimum atomic E-state index is 0. The zero-order valence-corrected chi connectivity index (χ0v) is 17.4. The van der Waals surface area contributed by atoms with Gasteiger partial charge >= 0.3 is 0 Å². The van der Waals surface area contributed by atoms with Gasteiger partial charge in [-0.15, -0.1) is 36.2 Å². The monoisotopic (exact) mass is 417 g/mol. The molecule has 0 spiro atoms. The molecule has 2 heterocycles. The summed E-state index contributed by atoms with van der Waals surface area (Å²) in [5.74, 6) is 0.921. The van der Waals surface area contributed by atoms with E-state index in [1.165, 1.54) is 11.3 Å². The van der Waals surface area contributed by atoms with Crippen LogP contribution in [0, 0.1) is 6.92 Å². The maximum Gasteiger partial charge on any atom is 0.265 e. The van der Waals surface area contributed by atoms with E-state index in [0.29, 0.717) is 6.61 Å². The van der Waals surface area contributed by atoms with Crippen LogP contribution in [0.1, 0.15) is 35.1 Å². The van der Waals surface area contributed by atoms with Crippen LogP contribution in [-0.4, -0.2) is 41.5 Å². The standard InChI is InChI=1S/C18H23N3O2S.2ClH/c1-3-23-15-6-4-13(5-7-15)17-20-12(2)16(24-17)18(22)21-10-8-14(19)9-11-21;;/h4-7,14H,3,8-11,19H2,1-2H3;2*1H. The van der Waals surface area contributed by atoms with E-state index < -0.39 is 0 Å². The second kappa shape index (κ2) is 10.1. The Bertz CT molecular complexity index is 714. The third-order valence-corrected chi connectivity index (χ3v) is 5.42. The van der Waals surface area contributed by atoms with Crippen molar-refractivity contribution in [3.8, 4) is 16.3 Å². The Morgan fingerprint density at radius 3 is 2.46 bits per heavy atom. The number of hydrogen-bond acceptors (Lipinski definition) is 5. The van der Waals surface area contributed by atoms with Crippen LogP contribution in [0.4, 0.5) is 0 Å². The summed E-state index contributed by atoms with van der Waals surface area (Å²) >= 11 is 1.46. The van der Waals surface area contributed by atoms with Crippen molar-refractivity contribution in [2.24, 2.45) is 5.73 Å². The largest absolute Gasteiger partial charge is 0.494 e. The second-order valence-electron chi connectivity index (χ2n) is 6.02. The van der Waals surface area contributed by atoms with Crippen LogP contribution in [0.5, 0.6) is 5.75 Å². The average Bonchev–Trinajstić information content (AvgIpc) is 2.98. The number of carbonyl (C=O) groups is 1. The summed E-state index contributed by atoms with van der Waals surface area (Å²) in [6.45, 7) is 5.97. The highest BCUT2D eigenvalue weighted by molar-refractivity contribution is 7.17. The van der Waals surface area contributed by atoms with E-state index in [0.717, 1.165) is 52.8 Å². The van der Waals surface area contributed by atoms with Crippen molar-refractivity contribution < 1.29 is 9.53 Å². The Hall–Kier alpha value is -1.34. The molecule has 26 heavy (non-hydrogen) atoms. The van der Waals surface area contributed by atoms with Crippen molar-refractivity contribution in [1.82, 2.24) is 9.88 Å². The molecule has 1 aliphatic heterocycles. The molecule has 1 amide bonds. The van der Waals surface area contributed by atoms with Crippen molar-refractivity contribution in [1.29, 1.82) is 0 Å². The molecule has 3 rings (SSSR count). The Morgan fingerprint density at radius 2 is 1.88 bits per heavy atom. The number of aromatic nitrogens is 1. The summed E-state index contributed by atoms with van der Waals surface area (Å²) in [6.07, 6.45) is 1.74. The molecular formula is C18H25Cl2N3O2S. The first-order valence-electron chi connectivity index (χ1n) is 8.34. The molecular weight excluding hydrogens is 393 g/mol. The van der Waals surface area contributed by atoms with Gasteiger partial charge in [0.2, 0.25) is 0 Å². The predicted octanol–water partition coefficient (Wildman–Crippen LogP) is 3.92. The molecule has 2 aromatic rings. The van der Waals surface area contributed by atoms with E-state index in [1.54, 1.807) is 0 Å². The summed E-state index contributed by atoms with van der Waals surface area (Å²) in [5, 5.41) is 0.868. The number of nitrogens with two attached hydrogens (primary N) is 1. The molecule has 0 bridgehead atoms. The minimum absolute atomic E-state index is 0. The zero-order chi connectivity index (χ0) is 17.1. The number of aryl methyl sites for hydroxylation is 1. The summed E-state index contributed by atoms with van der Waals surface area (Å²) in [5.41, 5.74) is 7.72. The van der Waals surface area contributed by atoms with Gasteiger partial charge in [-0.3, -0.25) is 4.79 Å². The lowest BCUT2D eigenvalue weighted by molar-refractivity contribution is 0.0718. The number of benzene rings is 1. The van der Waals surface area contributed by atoms with Gasteiger partial charge in [-0.05, 0) is 51.0 Å². The molecule has 5 nitrogen and oxygen atoms in total. The van der Waals surface area contributed by atoms with E-state index in [4.69, 9.17) is 10.5 Å². The number of carbonyl (C=O) groups excluding carboxylic acids is 1. The van der Waals surface area contributed by atoms with Crippen LogP contribution < -0.4 is 10.5 Å². The van der Waals surface area contributed by atoms with Gasteiger partial charge in [-0.1, -0.05) is 0 Å². The number of thiazole rings is 1. The summed E-state index contributed by atoms with van der Waals surface area (Å²) in [4.78, 5) is 20.0. The van der Waals surface area contributed by atoms with Crippen LogP contribution in [0.25, 0.3) is 10.6 Å². The Balaban J connectivity index is 0.00000169. The van der Waals surface area contributed by atoms with Crippen molar-refractivity contribution in [3.63, 3.8) is 0 Å². The molecule has 1 saturated heterocycles. The highest BCUT2D eigenvalue weighted by Crippen LogP contribution is 2.30. The van der Waals surface area contributed by atoms with Gasteiger partial charge < -0.3 is 15.4 Å². The fourth-order valence-electron chi connectivity index (χ4n) is 2.82. The lowest BCUT2D eigenvalue weighted by atomic mass is 10.1. The van der Waals surface area contributed by atoms with Gasteiger partial charge in [-0.25, -0.2) is 4.98 Å². The molecule has 1 aliphatic rings. The summed E-state index contributed by atoms with van der Waals surface area (Å²) < 4.78 is 5.46. The maximum absolute atomic E-state index is 12.7. The maximum atomic E-state index is 12.7. The number of nitrogens with zero attached hydrogens (tertiary/aromatic N) is 2. The van der Waals surface area contributed by atoms with Crippen molar-refractivity contribution >= 4 is 42.1 Å². The molecule has 1 aromatic carbocycles. The Kier molecular flexibility index (Phi) is 8.83. The number of halogens is 2. The molecule has 1 fully saturated rings. The number of ether oxygens (including phenoxy) is 1. The first kappa shape index (κ1) is 22.7. The van der Waals surface area contributed by atoms with E-state index in [-0.39, 0.29) is 36.8 Å². The molecule has 0 atom stereocenters. The number of piperidine rings is 1. The highest BCUT2D eigenvalue weighted by atomic mass is 35.5. The molecule has 2 N–H and O–H groups in total. The molecule has 0 radical (unpaired) electrons. The molecule has 0 saturated carbocycles. The fourth-order valence-corrected chi connectivity index (χ4v) is 3.86. The highest BCUT2D eigenvalue weighted by Gasteiger charge is 2.25. The first-order valence-corrected chi connectivity index (χ1v) is 9.15. The van der Waals surface area contributed by atoms with Gasteiger partial charge in [-0.2, -0.15) is 0 Å². The van der Waals surface area contributed by atoms with Gasteiger partial charge in [0.05, 0.1) is 12.3 Å². The van der Waals surface area contributed by atoms with Gasteiger partial charge in [0.25, 0.3) is 5.91 Å². The average molecular weight is 418 g/mol. The van der Waals surface area contributed by atoms with Crippen LogP contribution in [0.2, 0.25) is 0 Å². The molecule has 0 aliphatic carbocycles. The second-order valence-corrected chi connectivity index (χ2v) is 7.02. The quantitative estimate of drug-likeness (QED) is 0.817. The van der Waals surface area contributed by atoms with Crippen molar-refractivity contribution in [2.75, 3.05) is 19.7 Å². The number of likely N-dealkylation sites (tertiary alicyclic amines) is 1. The molecule has 0 unspecified atom stereocenters. The van der Waals surface area contributed by atoms with Crippen molar-refractivity contribution in [3.05, 3.63) is 34.8 Å². The van der Waals surface area contributed by atoms with Crippen LogP contribution in [0.3, 0.4) is 0 Å². The lowest BCUT2D eigenvalue weighted by Gasteiger charge is -2.29. The van der Waals surface area contributed by atoms with E-state index in [9.17, 15) is 4.79 Å². The van der Waals surface area contributed by atoms with Crippen LogP contribution >= 0.6 is 36.2 Å². The van der Waals surface area contributed by atoms with Gasteiger partial charge in [0, 0.05) is 24.7 Å². The third kappa shape index (κ3) is 5.10. The smallest absolute Gasteiger partial charge is 0.265 e. The van der Waals surface area contributed by atoms with E-state index in [2.05, 4.69) is 4.98 Å². The Morgan fingerprint density at radius 1 is 1.27 bits per heavy atom. The number of amides is 1. The van der Waals surface area contributed by atoms with E-state index in [1.807, 2.05) is 43.0 Å². The lowest BCUT2D eigenvalue weighted by Crippen LogP contribution is -2.42. The van der Waals surface area contributed by atoms with Crippen molar-refractivity contribution in [2.45, 2.75) is 32.7 Å². The topological polar surface area (TPSA) is 68.5 Å². The zero-order valence-electron chi connectivity index (χ0n) is 14.9. The fraction of sp³-hybridized carbons (Fsp3) is 0.444.